The summed E-state index contributed by atoms with van der Waals surface area (Å²) in [5.74, 6) is 7.25. The molecule has 1 saturated heterocycles. The summed E-state index contributed by atoms with van der Waals surface area (Å²) in [6.07, 6.45) is 4.44. The second kappa shape index (κ2) is 10.7. The van der Waals surface area contributed by atoms with E-state index in [1.165, 1.54) is 0 Å². The van der Waals surface area contributed by atoms with Gasteiger partial charge in [-0.15, -0.1) is 11.3 Å². The van der Waals surface area contributed by atoms with Gasteiger partial charge in [0.25, 0.3) is 0 Å². The number of rotatable bonds is 7. The van der Waals surface area contributed by atoms with Crippen LogP contribution >= 0.6 is 11.3 Å². The van der Waals surface area contributed by atoms with Gasteiger partial charge < -0.3 is 14.9 Å². The molecule has 5 nitrogen and oxygen atoms in total. The fourth-order valence-corrected chi connectivity index (χ4v) is 5.30. The third-order valence-corrected chi connectivity index (χ3v) is 7.67. The van der Waals surface area contributed by atoms with Gasteiger partial charge in [-0.3, -0.25) is 9.88 Å². The van der Waals surface area contributed by atoms with Crippen LogP contribution in [0.2, 0.25) is 0 Å². The number of aliphatic hydroxyl groups excluding tert-OH is 2. The molecule has 0 unspecified atom stereocenters. The van der Waals surface area contributed by atoms with Crippen LogP contribution in [0.25, 0.3) is 10.9 Å². The van der Waals surface area contributed by atoms with Crippen molar-refractivity contribution in [2.24, 2.45) is 5.41 Å². The number of fused-ring (bicyclic) bond motifs is 1. The summed E-state index contributed by atoms with van der Waals surface area (Å²) < 4.78 is 5.39. The normalized spacial score (nSPS) is 16.8. The Labute approximate surface area is 200 Å². The number of likely N-dealkylation sites (tertiary alicyclic amines) is 1. The standard InChI is InChI=1S/C27H32N2O3S/c1-20-18-28-24-8-7-21(32-2)17-23(24)26(20)25(31)9-10-27(19-30)11-14-29(15-12-27)13-3-5-22-6-4-16-33-22/h4,6-8,16-18,25,30-31H,9-15,19H2,1-2H3/t25-/m0/s1. The Bertz CT molecular complexity index is 1130. The Morgan fingerprint density at radius 3 is 2.79 bits per heavy atom. The number of piperidine rings is 1. The molecule has 2 aromatic heterocycles. The second-order valence-corrected chi connectivity index (χ2v) is 9.95. The molecule has 0 radical (unpaired) electrons. The molecule has 3 heterocycles. The Morgan fingerprint density at radius 2 is 2.09 bits per heavy atom. The number of aryl methyl sites for hydroxylation is 1. The Hall–Kier alpha value is -2.43. The highest BCUT2D eigenvalue weighted by Crippen LogP contribution is 2.39. The number of pyridine rings is 1. The van der Waals surface area contributed by atoms with E-state index in [4.69, 9.17) is 4.74 Å². The minimum Gasteiger partial charge on any atom is -0.497 e. The van der Waals surface area contributed by atoms with E-state index in [1.54, 1.807) is 18.4 Å². The lowest BCUT2D eigenvalue weighted by molar-refractivity contribution is 0.0273. The van der Waals surface area contributed by atoms with Gasteiger partial charge in [-0.2, -0.15) is 0 Å². The van der Waals surface area contributed by atoms with Gasteiger partial charge in [-0.1, -0.05) is 17.9 Å². The predicted molar refractivity (Wildman–Crippen MR) is 134 cm³/mol. The zero-order valence-corrected chi connectivity index (χ0v) is 20.2. The lowest BCUT2D eigenvalue weighted by atomic mass is 9.74. The van der Waals surface area contributed by atoms with Crippen molar-refractivity contribution in [3.8, 4) is 17.6 Å². The number of hydrogen-bond acceptors (Lipinski definition) is 6. The van der Waals surface area contributed by atoms with Crippen molar-refractivity contribution in [2.45, 2.75) is 38.7 Å². The molecule has 1 aliphatic rings. The van der Waals surface area contributed by atoms with Crippen molar-refractivity contribution in [1.82, 2.24) is 9.88 Å². The molecule has 1 aromatic carbocycles. The first kappa shape index (κ1) is 23.7. The van der Waals surface area contributed by atoms with Crippen molar-refractivity contribution in [1.29, 1.82) is 0 Å². The monoisotopic (exact) mass is 464 g/mol. The number of aliphatic hydroxyl groups is 2. The molecule has 174 valence electrons. The van der Waals surface area contributed by atoms with Crippen LogP contribution in [0.4, 0.5) is 0 Å². The van der Waals surface area contributed by atoms with Gasteiger partial charge >= 0.3 is 0 Å². The van der Waals surface area contributed by atoms with Gasteiger partial charge in [0.2, 0.25) is 0 Å². The summed E-state index contributed by atoms with van der Waals surface area (Å²) in [7, 11) is 1.64. The highest BCUT2D eigenvalue weighted by atomic mass is 32.1. The first-order chi connectivity index (χ1) is 16.0. The van der Waals surface area contributed by atoms with Crippen LogP contribution in [-0.4, -0.2) is 53.4 Å². The van der Waals surface area contributed by atoms with E-state index >= 15 is 0 Å². The van der Waals surface area contributed by atoms with E-state index < -0.39 is 6.10 Å². The average molecular weight is 465 g/mol. The van der Waals surface area contributed by atoms with Crippen LogP contribution < -0.4 is 4.74 Å². The number of methoxy groups -OCH3 is 1. The van der Waals surface area contributed by atoms with Crippen molar-refractivity contribution in [3.05, 3.63) is 57.9 Å². The summed E-state index contributed by atoms with van der Waals surface area (Å²) in [4.78, 5) is 7.96. The van der Waals surface area contributed by atoms with Crippen LogP contribution in [0.3, 0.4) is 0 Å². The Morgan fingerprint density at radius 1 is 1.27 bits per heavy atom. The molecule has 3 aromatic rings. The maximum atomic E-state index is 11.2. The van der Waals surface area contributed by atoms with Crippen LogP contribution in [-0.2, 0) is 0 Å². The third kappa shape index (κ3) is 5.56. The van der Waals surface area contributed by atoms with Gasteiger partial charge in [0.05, 0.1) is 30.2 Å². The number of nitrogens with zero attached hydrogens (tertiary/aromatic N) is 2. The fourth-order valence-electron chi connectivity index (χ4n) is 4.71. The van der Waals surface area contributed by atoms with E-state index in [0.29, 0.717) is 6.42 Å². The van der Waals surface area contributed by atoms with Crippen LogP contribution in [0.1, 0.15) is 47.8 Å². The maximum absolute atomic E-state index is 11.2. The van der Waals surface area contributed by atoms with Gasteiger partial charge in [0.15, 0.2) is 0 Å². The van der Waals surface area contributed by atoms with Crippen LogP contribution in [0.15, 0.2) is 41.9 Å². The highest BCUT2D eigenvalue weighted by molar-refractivity contribution is 7.10. The van der Waals surface area contributed by atoms with Gasteiger partial charge in [-0.25, -0.2) is 0 Å². The molecule has 0 spiro atoms. The van der Waals surface area contributed by atoms with Crippen LogP contribution in [0, 0.1) is 24.2 Å². The van der Waals surface area contributed by atoms with Gasteiger partial charge in [0.1, 0.15) is 5.75 Å². The van der Waals surface area contributed by atoms with E-state index in [1.807, 2.05) is 48.8 Å². The third-order valence-electron chi connectivity index (χ3n) is 6.88. The molecule has 0 saturated carbocycles. The molecule has 6 heteroatoms. The average Bonchev–Trinajstić information content (AvgIpc) is 3.36. The number of aromatic nitrogens is 1. The molecule has 1 atom stereocenters. The molecule has 0 bridgehead atoms. The molecular formula is C27H32N2O3S. The first-order valence-electron chi connectivity index (χ1n) is 11.5. The van der Waals surface area contributed by atoms with Gasteiger partial charge in [-0.05, 0) is 91.9 Å². The highest BCUT2D eigenvalue weighted by Gasteiger charge is 2.34. The summed E-state index contributed by atoms with van der Waals surface area (Å²) in [5, 5.41) is 24.4. The van der Waals surface area contributed by atoms with E-state index in [-0.39, 0.29) is 12.0 Å². The van der Waals surface area contributed by atoms with Crippen molar-refractivity contribution in [3.63, 3.8) is 0 Å². The number of ether oxygens (including phenoxy) is 1. The maximum Gasteiger partial charge on any atom is 0.119 e. The Kier molecular flexibility index (Phi) is 7.67. The van der Waals surface area contributed by atoms with Gasteiger partial charge in [0, 0.05) is 18.2 Å². The largest absolute Gasteiger partial charge is 0.497 e. The lowest BCUT2D eigenvalue weighted by Crippen LogP contribution is -2.42. The zero-order chi connectivity index (χ0) is 23.3. The first-order valence-corrected chi connectivity index (χ1v) is 12.4. The smallest absolute Gasteiger partial charge is 0.119 e. The number of thiophene rings is 1. The topological polar surface area (TPSA) is 65.8 Å². The SMILES string of the molecule is COc1ccc2ncc(C)c([C@@H](O)CCC3(CO)CCN(CC#Cc4cccs4)CC3)c2c1. The molecule has 4 rings (SSSR count). The van der Waals surface area contributed by atoms with Crippen molar-refractivity contribution >= 4 is 22.2 Å². The molecule has 33 heavy (non-hydrogen) atoms. The van der Waals surface area contributed by atoms with Crippen molar-refractivity contribution < 1.29 is 14.9 Å². The molecule has 0 aliphatic carbocycles. The summed E-state index contributed by atoms with van der Waals surface area (Å²) in [5.41, 5.74) is 2.59. The summed E-state index contributed by atoms with van der Waals surface area (Å²) in [6, 6.07) is 9.83. The second-order valence-electron chi connectivity index (χ2n) is 9.01. The molecule has 1 fully saturated rings. The zero-order valence-electron chi connectivity index (χ0n) is 19.4. The fraction of sp³-hybridized carbons (Fsp3) is 0.444. The van der Waals surface area contributed by atoms with E-state index in [2.05, 4.69) is 21.7 Å². The minimum absolute atomic E-state index is 0.146. The minimum atomic E-state index is -0.610. The van der Waals surface area contributed by atoms with E-state index in [9.17, 15) is 10.2 Å². The molecule has 1 aliphatic heterocycles. The Balaban J connectivity index is 1.39. The predicted octanol–water partition coefficient (Wildman–Crippen LogP) is 4.55. The number of hydrogen-bond donors (Lipinski definition) is 2. The van der Waals surface area contributed by atoms with E-state index in [0.717, 1.165) is 71.6 Å². The lowest BCUT2D eigenvalue weighted by Gasteiger charge is -2.40. The van der Waals surface area contributed by atoms with Crippen LogP contribution in [0.5, 0.6) is 5.75 Å². The number of benzene rings is 1. The molecule has 0 amide bonds. The van der Waals surface area contributed by atoms with Crippen molar-refractivity contribution in [2.75, 3.05) is 33.4 Å². The summed E-state index contributed by atoms with van der Waals surface area (Å²) >= 11 is 1.66. The molecular weight excluding hydrogens is 432 g/mol. The molecule has 2 N–H and O–H groups in total. The summed E-state index contributed by atoms with van der Waals surface area (Å²) in [6.45, 7) is 4.74. The quantitative estimate of drug-likeness (QED) is 0.502.